The van der Waals surface area contributed by atoms with Gasteiger partial charge in [-0.05, 0) is 32.4 Å². The summed E-state index contributed by atoms with van der Waals surface area (Å²) in [4.78, 5) is 26.7. The highest BCUT2D eigenvalue weighted by Crippen LogP contribution is 2.26. The normalized spacial score (nSPS) is 13.5. The van der Waals surface area contributed by atoms with E-state index in [-0.39, 0.29) is 24.6 Å². The van der Waals surface area contributed by atoms with Gasteiger partial charge in [-0.2, -0.15) is 4.74 Å². The first-order chi connectivity index (χ1) is 12.8. The summed E-state index contributed by atoms with van der Waals surface area (Å²) in [5.41, 5.74) is 0.867. The number of hydrogen-bond acceptors (Lipinski definition) is 4. The molecule has 0 unspecified atom stereocenters. The monoisotopic (exact) mass is 366 g/mol. The fourth-order valence-electron chi connectivity index (χ4n) is 2.87. The van der Waals surface area contributed by atoms with Crippen molar-refractivity contribution in [3.05, 3.63) is 70.9 Å². The molecule has 0 N–H and O–H groups in total. The van der Waals surface area contributed by atoms with Gasteiger partial charge in [0.2, 0.25) is 5.69 Å². The van der Waals surface area contributed by atoms with Crippen LogP contribution < -0.4 is 0 Å². The molecule has 2 aromatic rings. The second-order valence-electron chi connectivity index (χ2n) is 7.41. The Labute approximate surface area is 158 Å². The van der Waals surface area contributed by atoms with Gasteiger partial charge in [-0.15, -0.1) is 0 Å². The zero-order chi connectivity index (χ0) is 19.6. The van der Waals surface area contributed by atoms with E-state index in [4.69, 9.17) is 4.74 Å². The highest BCUT2D eigenvalue weighted by molar-refractivity contribution is 6.47. The molecule has 27 heavy (non-hydrogen) atoms. The maximum atomic E-state index is 12.7. The second-order valence-corrected chi connectivity index (χ2v) is 7.41. The molecule has 140 valence electrons. The maximum absolute atomic E-state index is 12.7. The fourth-order valence-corrected chi connectivity index (χ4v) is 2.87. The molecule has 3 rings (SSSR count). The van der Waals surface area contributed by atoms with Crippen molar-refractivity contribution in [3.63, 3.8) is 0 Å². The molecule has 1 heterocycles. The van der Waals surface area contributed by atoms with Crippen molar-refractivity contribution < 1.29 is 19.1 Å². The number of carbonyl (C=O) groups excluding carboxylic acids is 2. The number of ether oxygens (including phenoxy) is 1. The van der Waals surface area contributed by atoms with E-state index in [0.29, 0.717) is 16.0 Å². The Hall–Kier alpha value is -3.15. The van der Waals surface area contributed by atoms with Crippen LogP contribution in [-0.2, 0) is 11.3 Å². The van der Waals surface area contributed by atoms with Crippen LogP contribution in [0.25, 0.3) is 0 Å². The lowest BCUT2D eigenvalue weighted by atomic mass is 10.1. The van der Waals surface area contributed by atoms with Crippen molar-refractivity contribution in [1.82, 2.24) is 4.90 Å². The summed E-state index contributed by atoms with van der Waals surface area (Å²) in [6, 6.07) is 16.0. The molecule has 6 nitrogen and oxygen atoms in total. The average molecular weight is 366 g/mol. The summed E-state index contributed by atoms with van der Waals surface area (Å²) in [7, 11) is 0. The van der Waals surface area contributed by atoms with Crippen LogP contribution in [0.5, 0.6) is 0 Å². The van der Waals surface area contributed by atoms with Gasteiger partial charge in [0, 0.05) is 12.6 Å². The molecule has 0 spiro atoms. The first-order valence-corrected chi connectivity index (χ1v) is 8.75. The van der Waals surface area contributed by atoms with E-state index in [9.17, 15) is 14.8 Å². The van der Waals surface area contributed by atoms with Gasteiger partial charge in [0.1, 0.15) is 17.7 Å². The second kappa shape index (κ2) is 7.23. The van der Waals surface area contributed by atoms with Gasteiger partial charge in [-0.3, -0.25) is 9.69 Å². The topological polar surface area (TPSA) is 72.7 Å². The van der Waals surface area contributed by atoms with Gasteiger partial charge in [0.05, 0.1) is 0 Å². The number of benzene rings is 2. The Bertz CT molecular complexity index is 898. The zero-order valence-corrected chi connectivity index (χ0v) is 15.6. The molecular weight excluding hydrogens is 344 g/mol. The Kier molecular flexibility index (Phi) is 4.99. The van der Waals surface area contributed by atoms with Crippen LogP contribution in [0.4, 0.5) is 10.5 Å². The first-order valence-electron chi connectivity index (χ1n) is 8.75. The maximum Gasteiger partial charge on any atom is 0.411 e. The molecule has 1 amide bonds. The van der Waals surface area contributed by atoms with Crippen molar-refractivity contribution in [3.8, 4) is 0 Å². The summed E-state index contributed by atoms with van der Waals surface area (Å²) >= 11 is 0. The van der Waals surface area contributed by atoms with Gasteiger partial charge in [-0.25, -0.2) is 4.79 Å². The van der Waals surface area contributed by atoms with Crippen LogP contribution in [0, 0.1) is 5.21 Å². The number of Topliss-reactive ketones (excluding diaryl/α,β-unsaturated/α-hetero) is 1. The minimum atomic E-state index is -0.684. The molecule has 0 radical (unpaired) electrons. The molecule has 1 aliphatic heterocycles. The van der Waals surface area contributed by atoms with Gasteiger partial charge < -0.3 is 9.94 Å². The number of hydrogen-bond donors (Lipinski definition) is 0. The Morgan fingerprint density at radius 3 is 2.30 bits per heavy atom. The molecule has 0 bridgehead atoms. The van der Waals surface area contributed by atoms with E-state index in [0.717, 1.165) is 5.56 Å². The van der Waals surface area contributed by atoms with Crippen LogP contribution >= 0.6 is 0 Å². The number of carbonyl (C=O) groups is 2. The molecule has 0 aliphatic carbocycles. The molecule has 0 saturated carbocycles. The van der Waals surface area contributed by atoms with E-state index in [1.807, 2.05) is 30.3 Å². The van der Waals surface area contributed by atoms with Crippen molar-refractivity contribution in [2.24, 2.45) is 0 Å². The lowest BCUT2D eigenvalue weighted by Crippen LogP contribution is -2.41. The van der Waals surface area contributed by atoms with Crippen LogP contribution in [0.1, 0.15) is 36.7 Å². The molecule has 0 aromatic heterocycles. The summed E-state index contributed by atoms with van der Waals surface area (Å²) in [6.45, 7) is 5.43. The van der Waals surface area contributed by atoms with E-state index in [2.05, 4.69) is 0 Å². The number of rotatable bonds is 4. The van der Waals surface area contributed by atoms with Gasteiger partial charge in [-0.1, -0.05) is 42.5 Å². The van der Waals surface area contributed by atoms with E-state index in [1.165, 1.54) is 4.90 Å². The van der Waals surface area contributed by atoms with E-state index in [1.54, 1.807) is 45.0 Å². The van der Waals surface area contributed by atoms with Crippen molar-refractivity contribution in [1.29, 1.82) is 0 Å². The first kappa shape index (κ1) is 18.6. The Morgan fingerprint density at radius 1 is 1.04 bits per heavy atom. The van der Waals surface area contributed by atoms with Crippen molar-refractivity contribution in [2.45, 2.75) is 32.9 Å². The number of fused-ring (bicyclic) bond motifs is 1. The van der Waals surface area contributed by atoms with E-state index >= 15 is 0 Å². The van der Waals surface area contributed by atoms with Crippen LogP contribution in [-0.4, -0.2) is 39.4 Å². The van der Waals surface area contributed by atoms with Crippen molar-refractivity contribution in [2.75, 3.05) is 6.54 Å². The third-order valence-corrected chi connectivity index (χ3v) is 4.08. The Balaban J connectivity index is 1.89. The molecule has 0 saturated heterocycles. The number of ketones is 1. The standard InChI is InChI=1S/C21H22N2O4/c1-21(2,3)27-20(25)22(13-15-9-5-4-6-10-15)14-18-19(24)16-11-7-8-12-17(16)23(18)26/h4-12H,13-14H2,1-3H3. The summed E-state index contributed by atoms with van der Waals surface area (Å²) in [6.07, 6.45) is -0.573. The predicted molar refractivity (Wildman–Crippen MR) is 102 cm³/mol. The highest BCUT2D eigenvalue weighted by Gasteiger charge is 2.37. The molecular formula is C21H22N2O4. The fraction of sp³-hybridized carbons (Fsp3) is 0.286. The zero-order valence-electron chi connectivity index (χ0n) is 15.6. The van der Waals surface area contributed by atoms with Gasteiger partial charge in [0.25, 0.3) is 11.5 Å². The summed E-state index contributed by atoms with van der Waals surface area (Å²) in [5, 5.41) is 12.6. The van der Waals surface area contributed by atoms with Gasteiger partial charge >= 0.3 is 6.09 Å². The third kappa shape index (κ3) is 4.16. The smallest absolute Gasteiger partial charge is 0.411 e. The molecule has 2 aromatic carbocycles. The number of amides is 1. The molecule has 0 atom stereocenters. The van der Waals surface area contributed by atoms with Gasteiger partial charge in [0.15, 0.2) is 0 Å². The lowest BCUT2D eigenvalue weighted by molar-refractivity contribution is -0.357. The van der Waals surface area contributed by atoms with Crippen LogP contribution in [0.15, 0.2) is 54.6 Å². The summed E-state index contributed by atoms with van der Waals surface area (Å²) in [5.74, 6) is -0.359. The minimum Gasteiger partial charge on any atom is -0.618 e. The minimum absolute atomic E-state index is 0.0120. The largest absolute Gasteiger partial charge is 0.618 e. The molecule has 6 heteroatoms. The van der Waals surface area contributed by atoms with Crippen molar-refractivity contribution >= 4 is 23.3 Å². The average Bonchev–Trinajstić information content (AvgIpc) is 2.86. The number of para-hydroxylation sites is 1. The lowest BCUT2D eigenvalue weighted by Gasteiger charge is -2.26. The van der Waals surface area contributed by atoms with E-state index < -0.39 is 11.7 Å². The summed E-state index contributed by atoms with van der Waals surface area (Å²) < 4.78 is 6.08. The third-order valence-electron chi connectivity index (χ3n) is 4.08. The SMILES string of the molecule is CC(C)(C)OC(=O)N(CC1=[N+]([O-])c2ccccc2C1=O)Cc1ccccc1. The van der Waals surface area contributed by atoms with Crippen LogP contribution in [0.2, 0.25) is 0 Å². The molecule has 0 fully saturated rings. The molecule has 1 aliphatic rings. The quantitative estimate of drug-likeness (QED) is 0.608. The van der Waals surface area contributed by atoms with Crippen LogP contribution in [0.3, 0.4) is 0 Å². The highest BCUT2D eigenvalue weighted by atomic mass is 16.6. The predicted octanol–water partition coefficient (Wildman–Crippen LogP) is 3.90. The Morgan fingerprint density at radius 2 is 1.67 bits per heavy atom. The number of nitrogens with zero attached hydrogens (tertiary/aromatic N) is 2.